The van der Waals surface area contributed by atoms with Crippen LogP contribution in [0.3, 0.4) is 0 Å². The first-order chi connectivity index (χ1) is 6.83. The lowest BCUT2D eigenvalue weighted by molar-refractivity contribution is -0.179. The molecule has 0 radical (unpaired) electrons. The number of hydrogen-bond donors (Lipinski definition) is 1. The summed E-state index contributed by atoms with van der Waals surface area (Å²) < 4.78 is 5.92. The normalized spacial score (nSPS) is 34.3. The summed E-state index contributed by atoms with van der Waals surface area (Å²) in [5, 5.41) is 3.86. The Morgan fingerprint density at radius 2 is 1.57 bits per heavy atom. The molecule has 0 unspecified atom stereocenters. The van der Waals surface area contributed by atoms with E-state index in [4.69, 9.17) is 4.74 Å². The maximum absolute atomic E-state index is 5.92. The van der Waals surface area contributed by atoms with Gasteiger partial charge in [-0.05, 0) is 38.5 Å². The first-order valence-electron chi connectivity index (χ1n) is 6.26. The Labute approximate surface area is 86.4 Å². The maximum atomic E-state index is 5.92. The zero-order chi connectivity index (χ0) is 9.49. The molecule has 0 aromatic rings. The average Bonchev–Trinajstić information content (AvgIpc) is 2.17. The van der Waals surface area contributed by atoms with Gasteiger partial charge < -0.3 is 4.74 Å². The smallest absolute Gasteiger partial charge is 0.119 e. The van der Waals surface area contributed by atoms with Crippen LogP contribution < -0.4 is 5.32 Å². The van der Waals surface area contributed by atoms with Crippen molar-refractivity contribution in [1.82, 2.24) is 5.32 Å². The zero-order valence-corrected chi connectivity index (χ0v) is 8.98. The van der Waals surface area contributed by atoms with Crippen molar-refractivity contribution < 1.29 is 4.74 Å². The van der Waals surface area contributed by atoms with Crippen LogP contribution in [0.4, 0.5) is 0 Å². The van der Waals surface area contributed by atoms with Crippen LogP contribution in [0.5, 0.6) is 0 Å². The van der Waals surface area contributed by atoms with Crippen molar-refractivity contribution in [3.63, 3.8) is 0 Å². The molecule has 0 bridgehead atoms. The molecular formula is C12H21NO. The van der Waals surface area contributed by atoms with E-state index in [1.54, 1.807) is 0 Å². The minimum atomic E-state index is 0.121. The molecule has 0 atom stereocenters. The molecule has 0 aromatic carbocycles. The van der Waals surface area contributed by atoms with Crippen molar-refractivity contribution in [3.05, 3.63) is 0 Å². The molecular weight excluding hydrogens is 174 g/mol. The summed E-state index contributed by atoms with van der Waals surface area (Å²) in [6, 6.07) is 0. The van der Waals surface area contributed by atoms with Crippen LogP contribution in [-0.2, 0) is 4.74 Å². The second-order valence-electron chi connectivity index (χ2n) is 5.41. The van der Waals surface area contributed by atoms with Gasteiger partial charge in [0.25, 0.3) is 0 Å². The summed E-state index contributed by atoms with van der Waals surface area (Å²) >= 11 is 0. The standard InChI is InChI=1S/C12H21NO/c1-2-5-11(6-3-1)9-10-14-12(13-11)7-4-8-12/h13H,1-10H2. The largest absolute Gasteiger partial charge is 0.361 e. The lowest BCUT2D eigenvalue weighted by Crippen LogP contribution is -2.66. The molecule has 14 heavy (non-hydrogen) atoms. The van der Waals surface area contributed by atoms with Gasteiger partial charge in [-0.1, -0.05) is 19.3 Å². The second-order valence-corrected chi connectivity index (χ2v) is 5.41. The molecule has 3 rings (SSSR count). The Balaban J connectivity index is 1.73. The topological polar surface area (TPSA) is 21.3 Å². The van der Waals surface area contributed by atoms with Gasteiger partial charge in [0.05, 0.1) is 6.61 Å². The van der Waals surface area contributed by atoms with Gasteiger partial charge in [0.15, 0.2) is 0 Å². The van der Waals surface area contributed by atoms with Crippen LogP contribution in [0.25, 0.3) is 0 Å². The van der Waals surface area contributed by atoms with Gasteiger partial charge in [-0.15, -0.1) is 0 Å². The van der Waals surface area contributed by atoms with Crippen molar-refractivity contribution in [2.24, 2.45) is 0 Å². The summed E-state index contributed by atoms with van der Waals surface area (Å²) in [6.45, 7) is 0.993. The van der Waals surface area contributed by atoms with Gasteiger partial charge in [0.1, 0.15) is 5.72 Å². The first kappa shape index (κ1) is 9.17. The molecule has 0 amide bonds. The van der Waals surface area contributed by atoms with Crippen LogP contribution in [-0.4, -0.2) is 17.9 Å². The number of rotatable bonds is 0. The minimum absolute atomic E-state index is 0.121. The Morgan fingerprint density at radius 1 is 0.786 bits per heavy atom. The predicted molar refractivity (Wildman–Crippen MR) is 56.1 cm³/mol. The first-order valence-corrected chi connectivity index (χ1v) is 6.26. The van der Waals surface area contributed by atoms with Crippen molar-refractivity contribution in [2.75, 3.05) is 6.61 Å². The number of nitrogens with one attached hydrogen (secondary N) is 1. The van der Waals surface area contributed by atoms with Gasteiger partial charge in [-0.2, -0.15) is 0 Å². The van der Waals surface area contributed by atoms with Crippen molar-refractivity contribution >= 4 is 0 Å². The van der Waals surface area contributed by atoms with E-state index in [-0.39, 0.29) is 5.72 Å². The molecule has 1 aliphatic heterocycles. The molecule has 0 aromatic heterocycles. The summed E-state index contributed by atoms with van der Waals surface area (Å²) in [5.41, 5.74) is 0.590. The Morgan fingerprint density at radius 3 is 2.21 bits per heavy atom. The summed E-state index contributed by atoms with van der Waals surface area (Å²) in [6.07, 6.45) is 12.1. The van der Waals surface area contributed by atoms with Crippen LogP contribution in [0.1, 0.15) is 57.8 Å². The summed E-state index contributed by atoms with van der Waals surface area (Å²) in [5.74, 6) is 0. The highest BCUT2D eigenvalue weighted by Crippen LogP contribution is 2.43. The van der Waals surface area contributed by atoms with Gasteiger partial charge >= 0.3 is 0 Å². The SMILES string of the molecule is C1CCC2(CC1)CCOC1(CCC1)N2. The predicted octanol–water partition coefficient (Wildman–Crippen LogP) is 2.58. The molecule has 2 saturated carbocycles. The van der Waals surface area contributed by atoms with Crippen LogP contribution >= 0.6 is 0 Å². The fourth-order valence-electron chi connectivity index (χ4n) is 3.39. The highest BCUT2D eigenvalue weighted by Gasteiger charge is 2.48. The summed E-state index contributed by atoms with van der Waals surface area (Å²) in [4.78, 5) is 0. The number of ether oxygens (including phenoxy) is 1. The highest BCUT2D eigenvalue weighted by atomic mass is 16.5. The third-order valence-electron chi connectivity index (χ3n) is 4.42. The van der Waals surface area contributed by atoms with Crippen LogP contribution in [0.2, 0.25) is 0 Å². The van der Waals surface area contributed by atoms with Crippen molar-refractivity contribution in [1.29, 1.82) is 0 Å². The Hall–Kier alpha value is -0.0800. The fourth-order valence-corrected chi connectivity index (χ4v) is 3.39. The molecule has 1 saturated heterocycles. The molecule has 1 heterocycles. The van der Waals surface area contributed by atoms with Gasteiger partial charge in [0, 0.05) is 5.54 Å². The molecule has 2 aliphatic carbocycles. The third kappa shape index (κ3) is 1.40. The highest BCUT2D eigenvalue weighted by molar-refractivity contribution is 5.02. The maximum Gasteiger partial charge on any atom is 0.119 e. The van der Waals surface area contributed by atoms with Crippen LogP contribution in [0.15, 0.2) is 0 Å². The van der Waals surface area contributed by atoms with E-state index in [0.717, 1.165) is 6.61 Å². The van der Waals surface area contributed by atoms with E-state index in [9.17, 15) is 0 Å². The van der Waals surface area contributed by atoms with Gasteiger partial charge in [0.2, 0.25) is 0 Å². The molecule has 2 spiro atoms. The van der Waals surface area contributed by atoms with E-state index in [1.165, 1.54) is 57.8 Å². The van der Waals surface area contributed by atoms with Crippen molar-refractivity contribution in [3.8, 4) is 0 Å². The molecule has 2 heteroatoms. The minimum Gasteiger partial charge on any atom is -0.361 e. The second kappa shape index (κ2) is 3.21. The van der Waals surface area contributed by atoms with Gasteiger partial charge in [-0.3, -0.25) is 5.32 Å². The van der Waals surface area contributed by atoms with Crippen molar-refractivity contribution in [2.45, 2.75) is 69.1 Å². The Bertz CT molecular complexity index is 211. The molecule has 1 N–H and O–H groups in total. The van der Waals surface area contributed by atoms with E-state index in [0.29, 0.717) is 5.54 Å². The fraction of sp³-hybridized carbons (Fsp3) is 1.00. The lowest BCUT2D eigenvalue weighted by atomic mass is 9.74. The summed E-state index contributed by atoms with van der Waals surface area (Å²) in [7, 11) is 0. The van der Waals surface area contributed by atoms with E-state index in [2.05, 4.69) is 5.32 Å². The van der Waals surface area contributed by atoms with Gasteiger partial charge in [-0.25, -0.2) is 0 Å². The quantitative estimate of drug-likeness (QED) is 0.641. The number of hydrogen-bond acceptors (Lipinski definition) is 2. The third-order valence-corrected chi connectivity index (χ3v) is 4.42. The average molecular weight is 195 g/mol. The van der Waals surface area contributed by atoms with E-state index >= 15 is 0 Å². The van der Waals surface area contributed by atoms with E-state index < -0.39 is 0 Å². The molecule has 2 nitrogen and oxygen atoms in total. The molecule has 3 aliphatic rings. The zero-order valence-electron chi connectivity index (χ0n) is 8.98. The molecule has 3 fully saturated rings. The monoisotopic (exact) mass is 195 g/mol. The van der Waals surface area contributed by atoms with E-state index in [1.807, 2.05) is 0 Å². The molecule has 80 valence electrons. The lowest BCUT2D eigenvalue weighted by Gasteiger charge is -2.54. The van der Waals surface area contributed by atoms with Crippen LogP contribution in [0, 0.1) is 0 Å². The Kier molecular flexibility index (Phi) is 2.10.